The van der Waals surface area contributed by atoms with Crippen LogP contribution < -0.4 is 9.13 Å². The van der Waals surface area contributed by atoms with Gasteiger partial charge in [-0.2, -0.15) is 52.7 Å². The quantitative estimate of drug-likeness (QED) is 0.126. The van der Waals surface area contributed by atoms with Gasteiger partial charge >= 0.3 is 22.0 Å². The summed E-state index contributed by atoms with van der Waals surface area (Å²) in [6.07, 6.45) is 22.1. The molecule has 0 saturated carbocycles. The summed E-state index contributed by atoms with van der Waals surface area (Å²) < 4.78 is 227. The van der Waals surface area contributed by atoms with Crippen LogP contribution in [0.15, 0.2) is 37.4 Å². The van der Waals surface area contributed by atoms with E-state index >= 15 is 0 Å². The molecule has 30 heteroatoms. The van der Waals surface area contributed by atoms with Crippen molar-refractivity contribution in [3.8, 4) is 0 Å². The summed E-state index contributed by atoms with van der Waals surface area (Å²) in [7, 11) is -24.8. The maximum Gasteiger partial charge on any atom is 0.480 e. The molecule has 320 valence electrons. The molecule has 0 N–H and O–H groups in total. The van der Waals surface area contributed by atoms with Crippen LogP contribution in [0.3, 0.4) is 0 Å². The van der Waals surface area contributed by atoms with Gasteiger partial charge in [0.2, 0.25) is 12.7 Å². The summed E-state index contributed by atoms with van der Waals surface area (Å²) in [6, 6.07) is 0. The van der Waals surface area contributed by atoms with E-state index in [-0.39, 0.29) is 0 Å². The first-order valence-electron chi connectivity index (χ1n) is 14.9. The van der Waals surface area contributed by atoms with Crippen molar-refractivity contribution in [2.24, 2.45) is 7.05 Å². The van der Waals surface area contributed by atoms with Crippen LogP contribution in [-0.2, 0) is 66.8 Å². The summed E-state index contributed by atoms with van der Waals surface area (Å²) in [4.78, 5) is 0. The maximum absolute atomic E-state index is 11.4. The average Bonchev–Trinajstić information content (AvgIpc) is 3.61. The van der Waals surface area contributed by atoms with Crippen molar-refractivity contribution in [1.82, 2.24) is 9.13 Å². The van der Waals surface area contributed by atoms with Crippen molar-refractivity contribution in [2.75, 3.05) is 0 Å². The average molecular weight is 895 g/mol. The van der Waals surface area contributed by atoms with Crippen LogP contribution in [-0.4, -0.2) is 64.8 Å². The van der Waals surface area contributed by atoms with E-state index in [2.05, 4.69) is 83.5 Å². The van der Waals surface area contributed by atoms with Gasteiger partial charge in [0.15, 0.2) is 40.1 Å². The van der Waals surface area contributed by atoms with Crippen LogP contribution >= 0.6 is 0 Å². The largest absolute Gasteiger partial charge is 0.480 e. The highest BCUT2D eigenvalue weighted by Gasteiger charge is 2.48. The number of imidazole rings is 2. The second kappa shape index (κ2) is 21.6. The smallest absolute Gasteiger partial charge is 0.421 e. The number of sulfonamides is 4. The Morgan fingerprint density at radius 1 is 0.519 bits per heavy atom. The second-order valence-corrected chi connectivity index (χ2v) is 17.2. The first-order valence-corrected chi connectivity index (χ1v) is 20.7. The molecule has 0 radical (unpaired) electrons. The number of aromatic nitrogens is 4. The molecule has 2 aromatic rings. The predicted octanol–water partition coefficient (Wildman–Crippen LogP) is 6.00. The summed E-state index contributed by atoms with van der Waals surface area (Å²) in [6.45, 7) is 10.1. The van der Waals surface area contributed by atoms with Crippen LogP contribution in [0.25, 0.3) is 8.25 Å². The molecule has 0 aliphatic heterocycles. The van der Waals surface area contributed by atoms with Crippen molar-refractivity contribution in [3.05, 3.63) is 45.7 Å². The Morgan fingerprint density at radius 2 is 0.889 bits per heavy atom. The Bertz CT molecular complexity index is 1670. The molecule has 0 atom stereocenters. The van der Waals surface area contributed by atoms with E-state index in [4.69, 9.17) is 0 Å². The highest BCUT2D eigenvalue weighted by molar-refractivity contribution is 8.13. The molecule has 0 saturated heterocycles. The third kappa shape index (κ3) is 19.8. The van der Waals surface area contributed by atoms with Crippen LogP contribution in [0.4, 0.5) is 52.7 Å². The van der Waals surface area contributed by atoms with Gasteiger partial charge in [-0.3, -0.25) is 0 Å². The summed E-state index contributed by atoms with van der Waals surface area (Å²) >= 11 is 0. The van der Waals surface area contributed by atoms with E-state index in [1.165, 1.54) is 51.5 Å². The van der Waals surface area contributed by atoms with Crippen LogP contribution in [0.1, 0.15) is 65.7 Å². The number of hydrogen-bond acceptors (Lipinski definition) is 8. The lowest BCUT2D eigenvalue weighted by molar-refractivity contribution is -0.696. The van der Waals surface area contributed by atoms with E-state index in [0.29, 0.717) is 0 Å². The van der Waals surface area contributed by atoms with Crippen LogP contribution in [0, 0.1) is 0 Å². The zero-order valence-electron chi connectivity index (χ0n) is 28.7. The molecule has 14 nitrogen and oxygen atoms in total. The molecule has 2 aromatic heterocycles. The van der Waals surface area contributed by atoms with Gasteiger partial charge in [0.05, 0.1) is 26.7 Å². The molecule has 0 spiro atoms. The topological polar surface area (TPSA) is 182 Å². The lowest BCUT2D eigenvalue weighted by Gasteiger charge is -2.22. The molecular weight excluding hydrogens is 857 g/mol. The fraction of sp³-hybridized carbons (Fsp3) is 0.750. The molecule has 0 aliphatic rings. The minimum absolute atomic E-state index is 0.778. The van der Waals surface area contributed by atoms with Crippen LogP contribution in [0.5, 0.6) is 0 Å². The predicted molar refractivity (Wildman–Crippen MR) is 166 cm³/mol. The lowest BCUT2D eigenvalue weighted by Crippen LogP contribution is -2.30. The number of nitrogens with zero attached hydrogens (tertiary/aromatic N) is 6. The number of alkyl halides is 12. The summed E-state index contributed by atoms with van der Waals surface area (Å²) in [5.41, 5.74) is -24.8. The third-order valence-electron chi connectivity index (χ3n) is 5.79. The minimum atomic E-state index is -6.72. The fourth-order valence-corrected chi connectivity index (χ4v) is 6.50. The van der Waals surface area contributed by atoms with Crippen molar-refractivity contribution < 1.29 is 95.5 Å². The van der Waals surface area contributed by atoms with Crippen molar-refractivity contribution in [3.63, 3.8) is 0 Å². The van der Waals surface area contributed by atoms with Gasteiger partial charge in [-0.25, -0.2) is 51.9 Å². The zero-order chi connectivity index (χ0) is 43.0. The Kier molecular flexibility index (Phi) is 21.3. The lowest BCUT2D eigenvalue weighted by atomic mass is 10.2. The number of rotatable bonds is 14. The van der Waals surface area contributed by atoms with Gasteiger partial charge < -0.3 is 8.25 Å². The van der Waals surface area contributed by atoms with Gasteiger partial charge in [0.25, 0.3) is 0 Å². The van der Waals surface area contributed by atoms with E-state index in [1.54, 1.807) is 0 Å². The molecule has 0 bridgehead atoms. The monoisotopic (exact) mass is 894 g/mol. The van der Waals surface area contributed by atoms with E-state index in [0.717, 1.165) is 21.3 Å². The van der Waals surface area contributed by atoms with Gasteiger partial charge in [0.1, 0.15) is 24.8 Å². The molecule has 2 rings (SSSR count). The standard InChI is InChI=1S/C11H21N2.C9H17N2.2C2F6NO4S2/c1-3-5-6-7-8-13-10-9-12(4-2)11-13;1-3-4-5-6-11-8-7-10(2)9-11;2*3-1(4,5)14(10,11)9-15(12,13)2(6,7)8/h9-11H,3-8H2,1-2H3;7-9H,3-6H2,1-2H3;;/q2*+1;2*-1. The summed E-state index contributed by atoms with van der Waals surface area (Å²) in [5, 5.41) is 0. The summed E-state index contributed by atoms with van der Waals surface area (Å²) in [5.74, 6) is 0. The van der Waals surface area contributed by atoms with E-state index < -0.39 is 62.1 Å². The number of halogens is 12. The van der Waals surface area contributed by atoms with Crippen molar-refractivity contribution in [2.45, 2.75) is 107 Å². The van der Waals surface area contributed by atoms with Crippen molar-refractivity contribution in [1.29, 1.82) is 0 Å². The molecule has 54 heavy (non-hydrogen) atoms. The highest BCUT2D eigenvalue weighted by Crippen LogP contribution is 2.37. The third-order valence-corrected chi connectivity index (χ3v) is 11.3. The fourth-order valence-electron chi connectivity index (χ4n) is 3.08. The highest BCUT2D eigenvalue weighted by atomic mass is 32.3. The number of aryl methyl sites for hydroxylation is 4. The van der Waals surface area contributed by atoms with E-state index in [1.807, 2.05) is 0 Å². The van der Waals surface area contributed by atoms with Crippen LogP contribution in [0.2, 0.25) is 0 Å². The molecular formula is C24H38F12N6O8S4. The molecule has 0 amide bonds. The minimum Gasteiger partial charge on any atom is -0.421 e. The Hall–Kier alpha value is -2.70. The molecule has 0 fully saturated rings. The normalized spacial score (nSPS) is 13.2. The van der Waals surface area contributed by atoms with Gasteiger partial charge in [-0.05, 0) is 32.6 Å². The van der Waals surface area contributed by atoms with Gasteiger partial charge in [-0.15, -0.1) is 0 Å². The molecule has 2 heterocycles. The van der Waals surface area contributed by atoms with E-state index in [9.17, 15) is 86.4 Å². The SMILES string of the molecule is CCCCCC[n+]1ccn(CC)c1.CCCCCn1cc[n+](C)c1.O=S(=O)([N-]S(=O)(=O)C(F)(F)F)C(F)(F)F.O=S(=O)([N-]S(=O)(=O)C(F)(F)F)C(F)(F)F. The Morgan fingerprint density at radius 3 is 1.19 bits per heavy atom. The second-order valence-electron chi connectivity index (χ2n) is 10.4. The van der Waals surface area contributed by atoms with Crippen molar-refractivity contribution >= 4 is 40.1 Å². The maximum atomic E-state index is 11.4. The van der Waals surface area contributed by atoms with Gasteiger partial charge in [-0.1, -0.05) is 33.1 Å². The first-order chi connectivity index (χ1) is 24.1. The number of hydrogen-bond donors (Lipinski definition) is 0. The Labute approximate surface area is 304 Å². The number of unbranched alkanes of at least 4 members (excludes halogenated alkanes) is 5. The molecule has 0 aromatic carbocycles. The molecule has 0 unspecified atom stereocenters. The molecule has 0 aliphatic carbocycles. The first kappa shape index (κ1) is 53.4. The Balaban J connectivity index is 0. The van der Waals surface area contributed by atoms with Gasteiger partial charge in [0, 0.05) is 0 Å². The zero-order valence-corrected chi connectivity index (χ0v) is 31.9.